The molecule has 0 saturated heterocycles. The van der Waals surface area contributed by atoms with Crippen molar-refractivity contribution < 1.29 is 21.6 Å². The van der Waals surface area contributed by atoms with Crippen molar-refractivity contribution in [3.05, 3.63) is 28.7 Å². The topological polar surface area (TPSA) is 58.2 Å². The highest BCUT2D eigenvalue weighted by molar-refractivity contribution is 9.10. The van der Waals surface area contributed by atoms with Crippen LogP contribution in [0.2, 0.25) is 0 Å². The van der Waals surface area contributed by atoms with E-state index < -0.39 is 22.9 Å². The summed E-state index contributed by atoms with van der Waals surface area (Å²) >= 11 is 3.14. The minimum absolute atomic E-state index is 0.169. The molecule has 17 heavy (non-hydrogen) atoms. The SMILES string of the molecule is O=S(=O)(NCC(F)(F)F)Nc1ccc(Br)cc1. The van der Waals surface area contributed by atoms with Crippen molar-refractivity contribution in [1.82, 2.24) is 4.72 Å². The van der Waals surface area contributed by atoms with Crippen molar-refractivity contribution in [2.75, 3.05) is 11.3 Å². The van der Waals surface area contributed by atoms with E-state index in [4.69, 9.17) is 0 Å². The predicted molar refractivity (Wildman–Crippen MR) is 60.7 cm³/mol. The molecule has 0 amide bonds. The minimum atomic E-state index is -4.59. The Balaban J connectivity index is 2.64. The first-order valence-electron chi connectivity index (χ1n) is 4.28. The summed E-state index contributed by atoms with van der Waals surface area (Å²) in [6.45, 7) is -1.61. The van der Waals surface area contributed by atoms with Crippen molar-refractivity contribution in [2.24, 2.45) is 0 Å². The molecule has 2 N–H and O–H groups in total. The van der Waals surface area contributed by atoms with Crippen LogP contribution >= 0.6 is 15.9 Å². The molecule has 0 aliphatic heterocycles. The maximum atomic E-state index is 11.8. The van der Waals surface area contributed by atoms with E-state index in [1.165, 1.54) is 16.9 Å². The van der Waals surface area contributed by atoms with Gasteiger partial charge in [0.1, 0.15) is 6.54 Å². The van der Waals surface area contributed by atoms with Crippen LogP contribution in [0.3, 0.4) is 0 Å². The van der Waals surface area contributed by atoms with Gasteiger partial charge in [-0.15, -0.1) is 0 Å². The number of hydrogen-bond donors (Lipinski definition) is 2. The highest BCUT2D eigenvalue weighted by Crippen LogP contribution is 2.16. The number of rotatable bonds is 4. The zero-order valence-electron chi connectivity index (χ0n) is 8.25. The molecule has 0 aliphatic carbocycles. The second kappa shape index (κ2) is 5.23. The largest absolute Gasteiger partial charge is 0.402 e. The number of benzene rings is 1. The summed E-state index contributed by atoms with van der Waals surface area (Å²) < 4.78 is 61.9. The van der Waals surface area contributed by atoms with Crippen LogP contribution in [0.25, 0.3) is 0 Å². The van der Waals surface area contributed by atoms with Gasteiger partial charge in [-0.1, -0.05) is 15.9 Å². The maximum Gasteiger partial charge on any atom is 0.402 e. The molecule has 1 aromatic rings. The van der Waals surface area contributed by atoms with Gasteiger partial charge in [0, 0.05) is 10.2 Å². The third-order valence-corrected chi connectivity index (χ3v) is 3.12. The van der Waals surface area contributed by atoms with Crippen LogP contribution in [0.1, 0.15) is 0 Å². The van der Waals surface area contributed by atoms with E-state index in [0.717, 1.165) is 4.47 Å². The van der Waals surface area contributed by atoms with Crippen LogP contribution in [0, 0.1) is 0 Å². The molecule has 0 bridgehead atoms. The lowest BCUT2D eigenvalue weighted by atomic mass is 10.3. The van der Waals surface area contributed by atoms with Gasteiger partial charge < -0.3 is 0 Å². The van der Waals surface area contributed by atoms with Crippen LogP contribution in [-0.4, -0.2) is 21.1 Å². The fraction of sp³-hybridized carbons (Fsp3) is 0.250. The zero-order valence-corrected chi connectivity index (χ0v) is 10.7. The number of hydrogen-bond acceptors (Lipinski definition) is 2. The Labute approximate surface area is 105 Å². The van der Waals surface area contributed by atoms with Crippen LogP contribution in [0.4, 0.5) is 18.9 Å². The van der Waals surface area contributed by atoms with Gasteiger partial charge in [-0.25, -0.2) is 0 Å². The molecule has 0 aromatic heterocycles. The van der Waals surface area contributed by atoms with E-state index >= 15 is 0 Å². The second-order valence-corrected chi connectivity index (χ2v) is 5.46. The fourth-order valence-electron chi connectivity index (χ4n) is 0.886. The Hall–Kier alpha value is -0.800. The monoisotopic (exact) mass is 332 g/mol. The lowest BCUT2D eigenvalue weighted by molar-refractivity contribution is -0.121. The summed E-state index contributed by atoms with van der Waals surface area (Å²) in [5, 5.41) is 0. The highest BCUT2D eigenvalue weighted by atomic mass is 79.9. The Morgan fingerprint density at radius 1 is 1.18 bits per heavy atom. The molecule has 0 fully saturated rings. The molecule has 0 unspecified atom stereocenters. The number of nitrogens with one attached hydrogen (secondary N) is 2. The first-order chi connectivity index (χ1) is 7.68. The van der Waals surface area contributed by atoms with Crippen LogP contribution in [0.15, 0.2) is 28.7 Å². The molecule has 9 heteroatoms. The molecule has 96 valence electrons. The second-order valence-electron chi connectivity index (χ2n) is 3.05. The molecular weight excluding hydrogens is 325 g/mol. The molecule has 0 spiro atoms. The van der Waals surface area contributed by atoms with Gasteiger partial charge in [-0.05, 0) is 24.3 Å². The molecule has 1 rings (SSSR count). The summed E-state index contributed by atoms with van der Waals surface area (Å²) in [4.78, 5) is 0. The third kappa shape index (κ3) is 5.89. The summed E-state index contributed by atoms with van der Waals surface area (Å²) in [7, 11) is -4.22. The Kier molecular flexibility index (Phi) is 4.39. The Bertz CT molecular complexity index is 473. The van der Waals surface area contributed by atoms with Crippen molar-refractivity contribution in [3.63, 3.8) is 0 Å². The molecule has 4 nitrogen and oxygen atoms in total. The summed E-state index contributed by atoms with van der Waals surface area (Å²) in [6, 6.07) is 5.94. The number of alkyl halides is 3. The molecule has 1 aromatic carbocycles. The molecule has 0 aliphatic rings. The zero-order chi connectivity index (χ0) is 13.1. The van der Waals surface area contributed by atoms with E-state index in [1.54, 1.807) is 12.1 Å². The summed E-state index contributed by atoms with van der Waals surface area (Å²) in [5.74, 6) is 0. The fourth-order valence-corrected chi connectivity index (χ4v) is 2.02. The normalized spacial score (nSPS) is 12.5. The number of anilines is 1. The lowest BCUT2D eigenvalue weighted by Gasteiger charge is -2.11. The standard InChI is InChI=1S/C8H8BrF3N2O2S/c9-6-1-3-7(4-2-6)14-17(15,16)13-5-8(10,11)12/h1-4,13-14H,5H2. The van der Waals surface area contributed by atoms with Crippen molar-refractivity contribution >= 4 is 31.8 Å². The smallest absolute Gasteiger partial charge is 0.271 e. The van der Waals surface area contributed by atoms with Gasteiger partial charge in [-0.2, -0.15) is 26.3 Å². The summed E-state index contributed by atoms with van der Waals surface area (Å²) in [6.07, 6.45) is -4.59. The van der Waals surface area contributed by atoms with Crippen LogP contribution in [-0.2, 0) is 10.2 Å². The highest BCUT2D eigenvalue weighted by Gasteiger charge is 2.29. The Morgan fingerprint density at radius 3 is 2.18 bits per heavy atom. The lowest BCUT2D eigenvalue weighted by Crippen LogP contribution is -2.37. The average molecular weight is 333 g/mol. The van der Waals surface area contributed by atoms with E-state index in [0.29, 0.717) is 0 Å². The first-order valence-corrected chi connectivity index (χ1v) is 6.55. The van der Waals surface area contributed by atoms with Crippen LogP contribution in [0.5, 0.6) is 0 Å². The van der Waals surface area contributed by atoms with Gasteiger partial charge in [-0.3, -0.25) is 4.72 Å². The van der Waals surface area contributed by atoms with Gasteiger partial charge in [0.15, 0.2) is 0 Å². The quantitative estimate of drug-likeness (QED) is 0.888. The van der Waals surface area contributed by atoms with Crippen molar-refractivity contribution in [2.45, 2.75) is 6.18 Å². The average Bonchev–Trinajstić information content (AvgIpc) is 2.18. The molecular formula is C8H8BrF3N2O2S. The molecule has 0 saturated carbocycles. The van der Waals surface area contributed by atoms with Crippen molar-refractivity contribution in [1.29, 1.82) is 0 Å². The van der Waals surface area contributed by atoms with Gasteiger partial charge in [0.25, 0.3) is 10.2 Å². The van der Waals surface area contributed by atoms with E-state index in [2.05, 4.69) is 15.9 Å². The minimum Gasteiger partial charge on any atom is -0.271 e. The van der Waals surface area contributed by atoms with Gasteiger partial charge >= 0.3 is 6.18 Å². The summed E-state index contributed by atoms with van der Waals surface area (Å²) in [5.41, 5.74) is 0.169. The van der Waals surface area contributed by atoms with Gasteiger partial charge in [0.05, 0.1) is 0 Å². The maximum absolute atomic E-state index is 11.8. The Morgan fingerprint density at radius 2 is 1.71 bits per heavy atom. The predicted octanol–water partition coefficient (Wildman–Crippen LogP) is 2.26. The molecule has 0 heterocycles. The van der Waals surface area contributed by atoms with Gasteiger partial charge in [0.2, 0.25) is 0 Å². The third-order valence-electron chi connectivity index (χ3n) is 1.56. The van der Waals surface area contributed by atoms with E-state index in [1.807, 2.05) is 4.72 Å². The van der Waals surface area contributed by atoms with Crippen LogP contribution < -0.4 is 9.44 Å². The van der Waals surface area contributed by atoms with E-state index in [-0.39, 0.29) is 5.69 Å². The van der Waals surface area contributed by atoms with E-state index in [9.17, 15) is 21.6 Å². The first kappa shape index (κ1) is 14.3. The number of halogens is 4. The molecule has 0 radical (unpaired) electrons. The van der Waals surface area contributed by atoms with Crippen molar-refractivity contribution in [3.8, 4) is 0 Å². The molecule has 0 atom stereocenters.